The van der Waals surface area contributed by atoms with E-state index in [4.69, 9.17) is 10.5 Å². The van der Waals surface area contributed by atoms with Crippen LogP contribution in [0.3, 0.4) is 0 Å². The molecule has 90 valence electrons. The summed E-state index contributed by atoms with van der Waals surface area (Å²) in [4.78, 5) is 11.3. The van der Waals surface area contributed by atoms with E-state index in [0.717, 1.165) is 6.42 Å². The summed E-state index contributed by atoms with van der Waals surface area (Å²) in [5.74, 6) is 0.233. The molecule has 0 saturated carbocycles. The highest BCUT2D eigenvalue weighted by molar-refractivity contribution is 5.68. The topological polar surface area (TPSA) is 83.0 Å². The van der Waals surface area contributed by atoms with Crippen molar-refractivity contribution in [2.24, 2.45) is 11.7 Å². The number of hydrogen-bond acceptors (Lipinski definition) is 5. The first-order chi connectivity index (χ1) is 7.61. The second-order valence-electron chi connectivity index (χ2n) is 4.01. The fourth-order valence-electron chi connectivity index (χ4n) is 1.10. The molecule has 0 unspecified atom stereocenters. The third-order valence-electron chi connectivity index (χ3n) is 2.04. The molecule has 1 aromatic heterocycles. The van der Waals surface area contributed by atoms with Gasteiger partial charge >= 0.3 is 5.97 Å². The minimum atomic E-state index is -0.297. The molecule has 0 fully saturated rings. The first kappa shape index (κ1) is 12.6. The summed E-state index contributed by atoms with van der Waals surface area (Å²) in [5.41, 5.74) is 6.04. The maximum absolute atomic E-state index is 11.3. The van der Waals surface area contributed by atoms with Gasteiger partial charge in [0.1, 0.15) is 6.54 Å². The van der Waals surface area contributed by atoms with Gasteiger partial charge in [0.25, 0.3) is 0 Å². The lowest BCUT2D eigenvalue weighted by atomic mass is 10.1. The molecule has 2 N–H and O–H groups in total. The Balaban J connectivity index is 2.28. The molecule has 0 aliphatic rings. The van der Waals surface area contributed by atoms with Crippen molar-refractivity contribution in [3.63, 3.8) is 0 Å². The Bertz CT molecular complexity index is 335. The minimum Gasteiger partial charge on any atom is -0.464 e. The van der Waals surface area contributed by atoms with Crippen molar-refractivity contribution in [3.8, 4) is 0 Å². The van der Waals surface area contributed by atoms with Crippen molar-refractivity contribution in [1.29, 1.82) is 0 Å². The zero-order valence-electron chi connectivity index (χ0n) is 9.72. The van der Waals surface area contributed by atoms with E-state index in [2.05, 4.69) is 24.2 Å². The highest BCUT2D eigenvalue weighted by atomic mass is 16.5. The van der Waals surface area contributed by atoms with E-state index in [0.29, 0.717) is 24.8 Å². The smallest absolute Gasteiger partial charge is 0.327 e. The van der Waals surface area contributed by atoms with Crippen LogP contribution in [0.25, 0.3) is 0 Å². The van der Waals surface area contributed by atoms with Crippen LogP contribution in [-0.2, 0) is 22.6 Å². The molecule has 0 spiro atoms. The van der Waals surface area contributed by atoms with E-state index in [-0.39, 0.29) is 12.5 Å². The summed E-state index contributed by atoms with van der Waals surface area (Å²) >= 11 is 0. The van der Waals surface area contributed by atoms with Crippen molar-refractivity contribution < 1.29 is 9.53 Å². The maximum atomic E-state index is 11.3. The van der Waals surface area contributed by atoms with Gasteiger partial charge in [0.15, 0.2) is 0 Å². The molecule has 0 aromatic carbocycles. The molecule has 16 heavy (non-hydrogen) atoms. The summed E-state index contributed by atoms with van der Waals surface area (Å²) < 4.78 is 6.47. The van der Waals surface area contributed by atoms with Gasteiger partial charge in [-0.3, -0.25) is 4.79 Å². The van der Waals surface area contributed by atoms with Gasteiger partial charge in [-0.05, 0) is 12.3 Å². The van der Waals surface area contributed by atoms with Crippen LogP contribution in [0.15, 0.2) is 6.20 Å². The van der Waals surface area contributed by atoms with E-state index < -0.39 is 0 Å². The molecule has 0 saturated heterocycles. The van der Waals surface area contributed by atoms with Crippen LogP contribution in [0.2, 0.25) is 0 Å². The largest absolute Gasteiger partial charge is 0.464 e. The number of carbonyl (C=O) groups is 1. The summed E-state index contributed by atoms with van der Waals surface area (Å²) in [6.45, 7) is 5.03. The van der Waals surface area contributed by atoms with Crippen LogP contribution in [0.1, 0.15) is 26.0 Å². The third-order valence-corrected chi connectivity index (χ3v) is 2.04. The van der Waals surface area contributed by atoms with Crippen molar-refractivity contribution >= 4 is 5.97 Å². The predicted octanol–water partition coefficient (Wildman–Crippen LogP) is 0.326. The van der Waals surface area contributed by atoms with Gasteiger partial charge in [-0.2, -0.15) is 0 Å². The Labute approximate surface area is 94.8 Å². The lowest BCUT2D eigenvalue weighted by molar-refractivity contribution is -0.144. The van der Waals surface area contributed by atoms with E-state index in [1.54, 1.807) is 6.20 Å². The fraction of sp³-hybridized carbons (Fsp3) is 0.700. The van der Waals surface area contributed by atoms with Gasteiger partial charge in [-0.25, -0.2) is 4.68 Å². The number of hydrogen-bond donors (Lipinski definition) is 1. The Kier molecular flexibility index (Phi) is 4.91. The molecule has 1 rings (SSSR count). The van der Waals surface area contributed by atoms with Crippen molar-refractivity contribution in [1.82, 2.24) is 15.0 Å². The molecule has 6 nitrogen and oxygen atoms in total. The third kappa shape index (κ3) is 4.39. The van der Waals surface area contributed by atoms with Crippen molar-refractivity contribution in [2.75, 3.05) is 6.61 Å². The molecule has 0 bridgehead atoms. The van der Waals surface area contributed by atoms with Crippen molar-refractivity contribution in [2.45, 2.75) is 33.4 Å². The van der Waals surface area contributed by atoms with Crippen LogP contribution in [0, 0.1) is 5.92 Å². The molecule has 0 atom stereocenters. The highest BCUT2D eigenvalue weighted by Crippen LogP contribution is 1.99. The van der Waals surface area contributed by atoms with Gasteiger partial charge in [0.2, 0.25) is 0 Å². The summed E-state index contributed by atoms with van der Waals surface area (Å²) in [7, 11) is 0. The summed E-state index contributed by atoms with van der Waals surface area (Å²) in [5, 5.41) is 7.53. The minimum absolute atomic E-state index is 0.0884. The quantitative estimate of drug-likeness (QED) is 0.706. The zero-order valence-corrected chi connectivity index (χ0v) is 9.72. The first-order valence-corrected chi connectivity index (χ1v) is 5.36. The number of aromatic nitrogens is 3. The SMILES string of the molecule is CC(C)CCOC(=O)Cn1cc(CN)nn1. The lowest BCUT2D eigenvalue weighted by Crippen LogP contribution is -2.15. The van der Waals surface area contributed by atoms with E-state index in [9.17, 15) is 4.79 Å². The number of nitrogens with two attached hydrogens (primary N) is 1. The number of rotatable bonds is 6. The average Bonchev–Trinajstić information content (AvgIpc) is 2.65. The standard InChI is InChI=1S/C10H18N4O2/c1-8(2)3-4-16-10(15)7-14-6-9(5-11)12-13-14/h6,8H,3-5,7,11H2,1-2H3. The van der Waals surface area contributed by atoms with Crippen molar-refractivity contribution in [3.05, 3.63) is 11.9 Å². The summed E-state index contributed by atoms with van der Waals surface area (Å²) in [6, 6.07) is 0. The molecule has 1 aromatic rings. The Morgan fingerprint density at radius 1 is 1.62 bits per heavy atom. The van der Waals surface area contributed by atoms with Gasteiger partial charge in [-0.15, -0.1) is 5.10 Å². The Hall–Kier alpha value is -1.43. The van der Waals surface area contributed by atoms with E-state index in [1.807, 2.05) is 0 Å². The molecule has 1 heterocycles. The number of carbonyl (C=O) groups excluding carboxylic acids is 1. The molecule has 0 radical (unpaired) electrons. The molecular weight excluding hydrogens is 208 g/mol. The van der Waals surface area contributed by atoms with Crippen LogP contribution < -0.4 is 5.73 Å². The Morgan fingerprint density at radius 2 is 2.38 bits per heavy atom. The molecular formula is C10H18N4O2. The predicted molar refractivity (Wildman–Crippen MR) is 58.3 cm³/mol. The van der Waals surface area contributed by atoms with Gasteiger partial charge in [-0.1, -0.05) is 19.1 Å². The van der Waals surface area contributed by atoms with Crippen LogP contribution in [-0.4, -0.2) is 27.6 Å². The van der Waals surface area contributed by atoms with Crippen LogP contribution in [0.5, 0.6) is 0 Å². The van der Waals surface area contributed by atoms with E-state index >= 15 is 0 Å². The fourth-order valence-corrected chi connectivity index (χ4v) is 1.10. The number of esters is 1. The number of nitrogens with zero attached hydrogens (tertiary/aromatic N) is 3. The normalized spacial score (nSPS) is 10.8. The second kappa shape index (κ2) is 6.22. The van der Waals surface area contributed by atoms with Crippen LogP contribution >= 0.6 is 0 Å². The summed E-state index contributed by atoms with van der Waals surface area (Å²) in [6.07, 6.45) is 2.51. The molecule has 0 aliphatic heterocycles. The van der Waals surface area contributed by atoms with Gasteiger partial charge in [0.05, 0.1) is 18.5 Å². The average molecular weight is 226 g/mol. The molecule has 0 aliphatic carbocycles. The van der Waals surface area contributed by atoms with Gasteiger partial charge < -0.3 is 10.5 Å². The Morgan fingerprint density at radius 3 is 2.94 bits per heavy atom. The second-order valence-corrected chi connectivity index (χ2v) is 4.01. The monoisotopic (exact) mass is 226 g/mol. The molecule has 0 amide bonds. The highest BCUT2D eigenvalue weighted by Gasteiger charge is 2.06. The first-order valence-electron chi connectivity index (χ1n) is 5.36. The van der Waals surface area contributed by atoms with Crippen LogP contribution in [0.4, 0.5) is 0 Å². The number of ether oxygens (including phenoxy) is 1. The lowest BCUT2D eigenvalue weighted by Gasteiger charge is -2.06. The zero-order chi connectivity index (χ0) is 12.0. The molecule has 6 heteroatoms. The maximum Gasteiger partial charge on any atom is 0.327 e. The van der Waals surface area contributed by atoms with Gasteiger partial charge in [0, 0.05) is 6.54 Å². The van der Waals surface area contributed by atoms with E-state index in [1.165, 1.54) is 4.68 Å².